The molecule has 1 aromatic heterocycles. The van der Waals surface area contributed by atoms with Crippen molar-refractivity contribution < 1.29 is 9.13 Å². The van der Waals surface area contributed by atoms with Crippen molar-refractivity contribution in [2.75, 3.05) is 23.9 Å². The van der Waals surface area contributed by atoms with E-state index in [1.807, 2.05) is 6.07 Å². The Hall–Kier alpha value is -2.21. The molecule has 5 N–H and O–H groups in total. The highest BCUT2D eigenvalue weighted by atomic mass is 35.5. The van der Waals surface area contributed by atoms with Gasteiger partial charge in [-0.3, -0.25) is 0 Å². The first-order chi connectivity index (χ1) is 9.52. The van der Waals surface area contributed by atoms with Crippen LogP contribution in [0.5, 0.6) is 5.88 Å². The van der Waals surface area contributed by atoms with Gasteiger partial charge in [-0.25, -0.2) is 9.37 Å². The van der Waals surface area contributed by atoms with Gasteiger partial charge >= 0.3 is 0 Å². The van der Waals surface area contributed by atoms with Gasteiger partial charge in [-0.15, -0.1) is 0 Å². The largest absolute Gasteiger partial charge is 0.481 e. The summed E-state index contributed by atoms with van der Waals surface area (Å²) in [6.45, 7) is 0.346. The Bertz CT molecular complexity index is 619. The third-order valence-electron chi connectivity index (χ3n) is 2.74. The molecule has 5 nitrogen and oxygen atoms in total. The molecule has 0 aliphatic carbocycles. The molecule has 0 atom stereocenters. The van der Waals surface area contributed by atoms with Gasteiger partial charge in [-0.1, -0.05) is 17.7 Å². The van der Waals surface area contributed by atoms with Crippen LogP contribution in [-0.2, 0) is 6.54 Å². The standard InChI is InChI=1S/C13H14ClFN4O/c1-20-10-3-2-7(5-18-10)6-19-13-9(17)4-8(16)11(14)12(13)15/h2-5,19H,6,16-17H2,1H3. The Labute approximate surface area is 120 Å². The van der Waals surface area contributed by atoms with E-state index < -0.39 is 5.82 Å². The minimum absolute atomic E-state index is 0.110. The predicted molar refractivity (Wildman–Crippen MR) is 78.4 cm³/mol. The molecule has 0 saturated carbocycles. The predicted octanol–water partition coefficient (Wildman–Crippen LogP) is 2.66. The number of nitrogen functional groups attached to an aromatic ring is 2. The maximum Gasteiger partial charge on any atom is 0.212 e. The van der Waals surface area contributed by atoms with Gasteiger partial charge < -0.3 is 21.5 Å². The van der Waals surface area contributed by atoms with Gasteiger partial charge in [0, 0.05) is 18.8 Å². The van der Waals surface area contributed by atoms with Crippen LogP contribution >= 0.6 is 11.6 Å². The minimum Gasteiger partial charge on any atom is -0.481 e. The van der Waals surface area contributed by atoms with Gasteiger partial charge in [0.1, 0.15) is 5.02 Å². The highest BCUT2D eigenvalue weighted by Crippen LogP contribution is 2.33. The molecule has 0 aliphatic rings. The molecule has 0 bridgehead atoms. The number of methoxy groups -OCH3 is 1. The van der Waals surface area contributed by atoms with Gasteiger partial charge in [0.25, 0.3) is 0 Å². The van der Waals surface area contributed by atoms with Gasteiger partial charge in [0.15, 0.2) is 5.82 Å². The van der Waals surface area contributed by atoms with Crippen LogP contribution in [0.2, 0.25) is 5.02 Å². The van der Waals surface area contributed by atoms with Crippen molar-refractivity contribution in [2.24, 2.45) is 0 Å². The Morgan fingerprint density at radius 3 is 2.70 bits per heavy atom. The summed E-state index contributed by atoms with van der Waals surface area (Å²) in [5, 5.41) is 2.74. The zero-order valence-electron chi connectivity index (χ0n) is 10.8. The van der Waals surface area contributed by atoms with Gasteiger partial charge in [-0.2, -0.15) is 0 Å². The summed E-state index contributed by atoms with van der Waals surface area (Å²) in [6, 6.07) is 4.94. The monoisotopic (exact) mass is 296 g/mol. The summed E-state index contributed by atoms with van der Waals surface area (Å²) in [5.41, 5.74) is 12.5. The van der Waals surface area contributed by atoms with E-state index in [1.54, 1.807) is 12.3 Å². The van der Waals surface area contributed by atoms with E-state index in [0.717, 1.165) is 5.56 Å². The third-order valence-corrected chi connectivity index (χ3v) is 3.13. The number of pyridine rings is 1. The van der Waals surface area contributed by atoms with Crippen molar-refractivity contribution in [3.05, 3.63) is 40.8 Å². The van der Waals surface area contributed by atoms with Crippen LogP contribution < -0.4 is 21.5 Å². The molecule has 2 aromatic rings. The van der Waals surface area contributed by atoms with Crippen LogP contribution in [0.1, 0.15) is 5.56 Å². The molecule has 106 valence electrons. The molecule has 0 aliphatic heterocycles. The SMILES string of the molecule is COc1ccc(CNc2c(N)cc(N)c(Cl)c2F)cn1. The van der Waals surface area contributed by atoms with Gasteiger partial charge in [0.2, 0.25) is 5.88 Å². The summed E-state index contributed by atoms with van der Waals surface area (Å²) in [6.07, 6.45) is 1.62. The lowest BCUT2D eigenvalue weighted by molar-refractivity contribution is 0.397. The van der Waals surface area contributed by atoms with Crippen molar-refractivity contribution in [2.45, 2.75) is 6.54 Å². The Morgan fingerprint density at radius 1 is 1.35 bits per heavy atom. The number of rotatable bonds is 4. The Balaban J connectivity index is 2.16. The zero-order chi connectivity index (χ0) is 14.7. The highest BCUT2D eigenvalue weighted by Gasteiger charge is 2.13. The molecule has 0 amide bonds. The zero-order valence-corrected chi connectivity index (χ0v) is 11.5. The topological polar surface area (TPSA) is 86.2 Å². The number of aromatic nitrogens is 1. The molecule has 0 fully saturated rings. The first-order valence-corrected chi connectivity index (χ1v) is 6.16. The van der Waals surface area contributed by atoms with Crippen LogP contribution in [0.3, 0.4) is 0 Å². The number of nitrogens with one attached hydrogen (secondary N) is 1. The number of anilines is 3. The van der Waals surface area contributed by atoms with Crippen molar-refractivity contribution in [1.29, 1.82) is 0 Å². The van der Waals surface area contributed by atoms with E-state index in [1.165, 1.54) is 13.2 Å². The maximum atomic E-state index is 14.0. The fourth-order valence-electron chi connectivity index (χ4n) is 1.67. The van der Waals surface area contributed by atoms with Crippen molar-refractivity contribution >= 4 is 28.7 Å². The summed E-state index contributed by atoms with van der Waals surface area (Å²) in [5.74, 6) is -0.152. The number of hydrogen-bond acceptors (Lipinski definition) is 5. The normalized spacial score (nSPS) is 10.3. The molecule has 20 heavy (non-hydrogen) atoms. The van der Waals surface area contributed by atoms with E-state index in [4.69, 9.17) is 27.8 Å². The molecule has 0 spiro atoms. The molecule has 0 radical (unpaired) electrons. The van der Waals surface area contributed by atoms with E-state index in [9.17, 15) is 4.39 Å². The average molecular weight is 297 g/mol. The van der Waals surface area contributed by atoms with E-state index in [0.29, 0.717) is 12.4 Å². The molecule has 0 saturated heterocycles. The number of hydrogen-bond donors (Lipinski definition) is 3. The summed E-state index contributed by atoms with van der Waals surface area (Å²) >= 11 is 5.75. The lowest BCUT2D eigenvalue weighted by Crippen LogP contribution is -2.07. The fourth-order valence-corrected chi connectivity index (χ4v) is 1.82. The summed E-state index contributed by atoms with van der Waals surface area (Å²) in [4.78, 5) is 4.05. The molecule has 7 heteroatoms. The van der Waals surface area contributed by atoms with Gasteiger partial charge in [0.05, 0.1) is 24.2 Å². The van der Waals surface area contributed by atoms with E-state index in [2.05, 4.69) is 10.3 Å². The third kappa shape index (κ3) is 2.85. The van der Waals surface area contributed by atoms with E-state index in [-0.39, 0.29) is 22.1 Å². The lowest BCUT2D eigenvalue weighted by Gasteiger charge is -2.13. The van der Waals surface area contributed by atoms with Crippen LogP contribution in [0.15, 0.2) is 24.4 Å². The number of benzene rings is 1. The number of nitrogens with two attached hydrogens (primary N) is 2. The minimum atomic E-state index is -0.661. The van der Waals surface area contributed by atoms with Crippen molar-refractivity contribution in [3.8, 4) is 5.88 Å². The first kappa shape index (κ1) is 14.2. The molecular formula is C13H14ClFN4O. The second kappa shape index (κ2) is 5.83. The summed E-state index contributed by atoms with van der Waals surface area (Å²) in [7, 11) is 1.53. The first-order valence-electron chi connectivity index (χ1n) is 5.78. The smallest absolute Gasteiger partial charge is 0.212 e. The lowest BCUT2D eigenvalue weighted by atomic mass is 10.2. The van der Waals surface area contributed by atoms with Crippen LogP contribution in [0.4, 0.5) is 21.5 Å². The quantitative estimate of drug-likeness (QED) is 0.755. The molecule has 1 aromatic carbocycles. The van der Waals surface area contributed by atoms with Crippen molar-refractivity contribution in [1.82, 2.24) is 4.98 Å². The number of nitrogens with zero attached hydrogens (tertiary/aromatic N) is 1. The van der Waals surface area contributed by atoms with E-state index >= 15 is 0 Å². The molecular weight excluding hydrogens is 283 g/mol. The average Bonchev–Trinajstić information content (AvgIpc) is 2.45. The highest BCUT2D eigenvalue weighted by molar-refractivity contribution is 6.33. The van der Waals surface area contributed by atoms with Crippen molar-refractivity contribution in [3.63, 3.8) is 0 Å². The number of ether oxygens (including phenoxy) is 1. The van der Waals surface area contributed by atoms with Crippen LogP contribution in [0.25, 0.3) is 0 Å². The second-order valence-corrected chi connectivity index (χ2v) is 4.50. The van der Waals surface area contributed by atoms with Crippen LogP contribution in [-0.4, -0.2) is 12.1 Å². The Kier molecular flexibility index (Phi) is 4.14. The second-order valence-electron chi connectivity index (χ2n) is 4.12. The summed E-state index contributed by atoms with van der Waals surface area (Å²) < 4.78 is 18.9. The fraction of sp³-hybridized carbons (Fsp3) is 0.154. The van der Waals surface area contributed by atoms with Crippen LogP contribution in [0, 0.1) is 5.82 Å². The van der Waals surface area contributed by atoms with Gasteiger partial charge in [-0.05, 0) is 11.6 Å². The molecule has 0 unspecified atom stereocenters. The molecule has 2 rings (SSSR count). The Morgan fingerprint density at radius 2 is 2.10 bits per heavy atom. The maximum absolute atomic E-state index is 14.0. The molecule has 1 heterocycles. The number of halogens is 2.